The second-order valence-corrected chi connectivity index (χ2v) is 7.08. The van der Waals surface area contributed by atoms with Gasteiger partial charge in [0.25, 0.3) is 0 Å². The van der Waals surface area contributed by atoms with Crippen LogP contribution >= 0.6 is 0 Å². The summed E-state index contributed by atoms with van der Waals surface area (Å²) in [7, 11) is 0. The molecule has 0 amide bonds. The molecule has 0 aromatic heterocycles. The highest BCUT2D eigenvalue weighted by Gasteiger charge is 2.64. The predicted molar refractivity (Wildman–Crippen MR) is 59.7 cm³/mol. The van der Waals surface area contributed by atoms with E-state index in [2.05, 4.69) is 6.92 Å². The van der Waals surface area contributed by atoms with E-state index in [9.17, 15) is 4.79 Å². The van der Waals surface area contributed by atoms with Crippen molar-refractivity contribution in [2.75, 3.05) is 0 Å². The van der Waals surface area contributed by atoms with E-state index in [1.165, 1.54) is 38.5 Å². The highest BCUT2D eigenvalue weighted by Crippen LogP contribution is 2.66. The molecule has 4 saturated carbocycles. The minimum absolute atomic E-state index is 0.0262. The molecule has 4 bridgehead atoms. The third-order valence-electron chi connectivity index (χ3n) is 5.98. The van der Waals surface area contributed by atoms with E-state index in [0.29, 0.717) is 11.8 Å². The van der Waals surface area contributed by atoms with Crippen LogP contribution in [0.25, 0.3) is 0 Å². The quantitative estimate of drug-likeness (QED) is 0.635. The molecule has 0 aromatic carbocycles. The lowest BCUT2D eigenvalue weighted by Crippen LogP contribution is -2.63. The number of rotatable bonds is 1. The van der Waals surface area contributed by atoms with Crippen LogP contribution in [0.15, 0.2) is 0 Å². The third-order valence-corrected chi connectivity index (χ3v) is 5.98. The molecule has 1 unspecified atom stereocenters. The van der Waals surface area contributed by atoms with Crippen LogP contribution in [0.5, 0.6) is 0 Å². The largest absolute Gasteiger partial charge is 0.458 e. The Balaban J connectivity index is 1.69. The SMILES string of the molecule is CC1(C23CC4CC(CC(C4)C2)C3)CC(=O)O1. The number of ether oxygens (including phenoxy) is 1. The van der Waals surface area contributed by atoms with Crippen LogP contribution in [0.4, 0.5) is 0 Å². The van der Waals surface area contributed by atoms with Gasteiger partial charge in [0.2, 0.25) is 0 Å². The van der Waals surface area contributed by atoms with Crippen molar-refractivity contribution in [1.82, 2.24) is 0 Å². The maximum absolute atomic E-state index is 11.2. The van der Waals surface area contributed by atoms with Gasteiger partial charge >= 0.3 is 5.97 Å². The van der Waals surface area contributed by atoms with Crippen molar-refractivity contribution < 1.29 is 9.53 Å². The van der Waals surface area contributed by atoms with E-state index in [4.69, 9.17) is 4.74 Å². The summed E-state index contributed by atoms with van der Waals surface area (Å²) >= 11 is 0. The van der Waals surface area contributed by atoms with Crippen molar-refractivity contribution in [3.8, 4) is 0 Å². The first kappa shape index (κ1) is 9.49. The van der Waals surface area contributed by atoms with Crippen molar-refractivity contribution in [1.29, 1.82) is 0 Å². The van der Waals surface area contributed by atoms with Crippen molar-refractivity contribution in [2.45, 2.75) is 57.5 Å². The molecular weight excluding hydrogens is 200 g/mol. The average Bonchev–Trinajstić information content (AvgIpc) is 2.12. The zero-order chi connectivity index (χ0) is 11.0. The molecule has 5 fully saturated rings. The first-order chi connectivity index (χ1) is 7.59. The van der Waals surface area contributed by atoms with Gasteiger partial charge in [0, 0.05) is 5.41 Å². The lowest BCUT2D eigenvalue weighted by Gasteiger charge is -2.64. The van der Waals surface area contributed by atoms with Gasteiger partial charge in [-0.2, -0.15) is 0 Å². The fraction of sp³-hybridized carbons (Fsp3) is 0.929. The van der Waals surface area contributed by atoms with E-state index < -0.39 is 0 Å². The van der Waals surface area contributed by atoms with E-state index in [1.807, 2.05) is 0 Å². The Morgan fingerprint density at radius 1 is 1.06 bits per heavy atom. The maximum atomic E-state index is 11.2. The zero-order valence-corrected chi connectivity index (χ0v) is 10.00. The summed E-state index contributed by atoms with van der Waals surface area (Å²) in [5.41, 5.74) is 0.274. The van der Waals surface area contributed by atoms with Crippen molar-refractivity contribution in [3.63, 3.8) is 0 Å². The van der Waals surface area contributed by atoms with Gasteiger partial charge in [-0.15, -0.1) is 0 Å². The van der Waals surface area contributed by atoms with E-state index in [1.54, 1.807) is 0 Å². The molecule has 1 atom stereocenters. The van der Waals surface area contributed by atoms with Gasteiger partial charge in [-0.05, 0) is 63.2 Å². The summed E-state index contributed by atoms with van der Waals surface area (Å²) in [5, 5.41) is 0. The molecule has 0 radical (unpaired) electrons. The summed E-state index contributed by atoms with van der Waals surface area (Å²) in [6, 6.07) is 0. The number of hydrogen-bond acceptors (Lipinski definition) is 2. The van der Waals surface area contributed by atoms with Gasteiger partial charge in [-0.3, -0.25) is 4.79 Å². The van der Waals surface area contributed by atoms with Crippen LogP contribution in [0.2, 0.25) is 0 Å². The average molecular weight is 220 g/mol. The molecule has 2 heteroatoms. The highest BCUT2D eigenvalue weighted by atomic mass is 16.6. The summed E-state index contributed by atoms with van der Waals surface area (Å²) < 4.78 is 5.57. The van der Waals surface area contributed by atoms with E-state index in [0.717, 1.165) is 17.8 Å². The first-order valence-corrected chi connectivity index (χ1v) is 6.80. The number of esters is 1. The van der Waals surface area contributed by atoms with Crippen molar-refractivity contribution in [2.24, 2.45) is 23.2 Å². The van der Waals surface area contributed by atoms with Gasteiger partial charge in [-0.25, -0.2) is 0 Å². The lowest BCUT2D eigenvalue weighted by atomic mass is 9.44. The van der Waals surface area contributed by atoms with Gasteiger partial charge in [0.15, 0.2) is 0 Å². The first-order valence-electron chi connectivity index (χ1n) is 6.80. The number of carbonyl (C=O) groups is 1. The van der Waals surface area contributed by atoms with Crippen molar-refractivity contribution >= 4 is 5.97 Å². The van der Waals surface area contributed by atoms with Crippen LogP contribution in [0, 0.1) is 23.2 Å². The normalized spacial score (nSPS) is 58.3. The van der Waals surface area contributed by atoms with E-state index >= 15 is 0 Å². The van der Waals surface area contributed by atoms with Crippen LogP contribution in [0.1, 0.15) is 51.9 Å². The molecule has 1 heterocycles. The van der Waals surface area contributed by atoms with Crippen LogP contribution in [0.3, 0.4) is 0 Å². The number of carbonyl (C=O) groups excluding carboxylic acids is 1. The minimum atomic E-state index is -0.0971. The Kier molecular flexibility index (Phi) is 1.57. The maximum Gasteiger partial charge on any atom is 0.310 e. The molecule has 88 valence electrons. The molecule has 16 heavy (non-hydrogen) atoms. The van der Waals surface area contributed by atoms with Crippen LogP contribution in [-0.2, 0) is 9.53 Å². The summed E-state index contributed by atoms with van der Waals surface area (Å²) in [5.74, 6) is 2.87. The molecule has 4 aliphatic carbocycles. The fourth-order valence-corrected chi connectivity index (χ4v) is 5.57. The Hall–Kier alpha value is -0.530. The molecule has 1 saturated heterocycles. The smallest absolute Gasteiger partial charge is 0.310 e. The molecule has 5 rings (SSSR count). The van der Waals surface area contributed by atoms with Crippen LogP contribution in [-0.4, -0.2) is 11.6 Å². The number of hydrogen-bond donors (Lipinski definition) is 0. The van der Waals surface area contributed by atoms with E-state index in [-0.39, 0.29) is 11.6 Å². The highest BCUT2D eigenvalue weighted by molar-refractivity contribution is 5.77. The Morgan fingerprint density at radius 2 is 1.50 bits per heavy atom. The second kappa shape index (κ2) is 2.65. The summed E-state index contributed by atoms with van der Waals surface area (Å²) in [6.07, 6.45) is 9.07. The molecular formula is C14H20O2. The Labute approximate surface area is 96.7 Å². The second-order valence-electron chi connectivity index (χ2n) is 7.08. The molecule has 0 spiro atoms. The molecule has 5 aliphatic rings. The Bertz CT molecular complexity index is 314. The molecule has 0 aromatic rings. The van der Waals surface area contributed by atoms with Gasteiger partial charge in [-0.1, -0.05) is 0 Å². The Morgan fingerprint density at radius 3 is 1.88 bits per heavy atom. The zero-order valence-electron chi connectivity index (χ0n) is 10.00. The third kappa shape index (κ3) is 1.01. The minimum Gasteiger partial charge on any atom is -0.458 e. The number of cyclic esters (lactones) is 1. The van der Waals surface area contributed by atoms with Crippen molar-refractivity contribution in [3.05, 3.63) is 0 Å². The molecule has 2 nitrogen and oxygen atoms in total. The van der Waals surface area contributed by atoms with Gasteiger partial charge in [0.05, 0.1) is 6.42 Å². The summed E-state index contributed by atoms with van der Waals surface area (Å²) in [6.45, 7) is 2.20. The van der Waals surface area contributed by atoms with Crippen LogP contribution < -0.4 is 0 Å². The standard InChI is InChI=1S/C14H20O2/c1-13(8-12(15)16-13)14-5-9-2-10(6-14)4-11(3-9)7-14/h9-11H,2-8H2,1H3. The van der Waals surface area contributed by atoms with Gasteiger partial charge < -0.3 is 4.74 Å². The fourth-order valence-electron chi connectivity index (χ4n) is 5.57. The molecule has 0 N–H and O–H groups in total. The van der Waals surface area contributed by atoms with Gasteiger partial charge in [0.1, 0.15) is 5.60 Å². The molecule has 1 aliphatic heterocycles. The topological polar surface area (TPSA) is 26.3 Å². The monoisotopic (exact) mass is 220 g/mol. The predicted octanol–water partition coefficient (Wildman–Crippen LogP) is 2.91. The summed E-state index contributed by atoms with van der Waals surface area (Å²) in [4.78, 5) is 11.2. The lowest BCUT2D eigenvalue weighted by molar-refractivity contribution is -0.242.